The summed E-state index contributed by atoms with van der Waals surface area (Å²) in [6.07, 6.45) is 4.08. The number of amides is 1. The van der Waals surface area contributed by atoms with Gasteiger partial charge in [-0.3, -0.25) is 18.8 Å². The van der Waals surface area contributed by atoms with Crippen LogP contribution in [0.15, 0.2) is 54.5 Å². The minimum Gasteiger partial charge on any atom is -0.507 e. The smallest absolute Gasteiger partial charge is 0.312 e. The van der Waals surface area contributed by atoms with Crippen molar-refractivity contribution in [2.45, 2.75) is 98.6 Å². The van der Waals surface area contributed by atoms with Gasteiger partial charge >= 0.3 is 11.8 Å². The van der Waals surface area contributed by atoms with Crippen molar-refractivity contribution in [2.24, 2.45) is 23.7 Å². The molecule has 0 unspecified atom stereocenters. The Hall–Kier alpha value is -7.84. The van der Waals surface area contributed by atoms with Gasteiger partial charge in [0.25, 0.3) is 27.0 Å². The number of Topliss-reactive ketones (excluding diaryl/α,β-unsaturated/α-hetero) is 1. The molecule has 4 heterocycles. The minimum absolute atomic E-state index is 0.0185. The van der Waals surface area contributed by atoms with Crippen LogP contribution >= 0.6 is 0 Å². The van der Waals surface area contributed by atoms with Crippen molar-refractivity contribution in [1.29, 1.82) is 0 Å². The second-order valence-electron chi connectivity index (χ2n) is 17.6. The molecule has 4 bridgehead atoms. The van der Waals surface area contributed by atoms with Crippen molar-refractivity contribution in [3.63, 3.8) is 0 Å². The van der Waals surface area contributed by atoms with Gasteiger partial charge in [0.15, 0.2) is 11.9 Å². The van der Waals surface area contributed by atoms with E-state index in [0.29, 0.717) is 5.65 Å². The zero-order valence-electron chi connectivity index (χ0n) is 40.8. The van der Waals surface area contributed by atoms with Gasteiger partial charge in [0.1, 0.15) is 53.2 Å². The fraction of sp³-hybridized carbons (Fsp3) is 0.478. The lowest BCUT2D eigenvalue weighted by atomic mass is 9.78. The van der Waals surface area contributed by atoms with E-state index in [-0.39, 0.29) is 55.7 Å². The van der Waals surface area contributed by atoms with Crippen molar-refractivity contribution in [2.75, 3.05) is 25.6 Å². The number of hydrogen-bond donors (Lipinski definition) is 5. The first-order valence-electron chi connectivity index (χ1n) is 22.2. The normalized spacial score (nSPS) is 26.4. The molecule has 390 valence electrons. The summed E-state index contributed by atoms with van der Waals surface area (Å²) in [5.74, 6) is -6.96. The Morgan fingerprint density at radius 2 is 1.57 bits per heavy atom. The molecule has 72 heavy (non-hydrogen) atoms. The minimum atomic E-state index is -1.96. The Labute approximate surface area is 409 Å². The number of imidazole rings is 1. The second-order valence-corrected chi connectivity index (χ2v) is 17.6. The van der Waals surface area contributed by atoms with Crippen LogP contribution in [0.2, 0.25) is 0 Å². The lowest BCUT2D eigenvalue weighted by molar-refractivity contribution is -0.803. The number of aromatic hydroxyl groups is 2. The Morgan fingerprint density at radius 1 is 0.931 bits per heavy atom. The Balaban J connectivity index is 0.000000555. The molecule has 2 aromatic carbocycles. The number of carbonyl (C=O) groups excluding carboxylic acids is 3. The number of carbonyl (C=O) groups is 3. The SMILES string of the molecule is CO[C@H]1/C=C/O[C@@]2(C)Oc3c(C)c(O)c4c(O)c(c5c(nc6cc(C)ccn65)c4c3C2=O)NC(=O)/C(C)=C\C=C\[C@H](C)[C@H](O)[C@@H](C)[C@@H](O)[C@@H](C)[C@H](OC(C)=O)[C@@H]1C.O=[N+]([O-])OCC(CO[N+](=O)[O-])O[N+](=O)[O-]. The molecule has 2 aliphatic heterocycles. The quantitative estimate of drug-likeness (QED) is 0.0594. The first-order chi connectivity index (χ1) is 33.7. The van der Waals surface area contributed by atoms with E-state index in [4.69, 9.17) is 23.9 Å². The number of nitrogens with one attached hydrogen (secondary N) is 1. The Bertz CT molecular complexity index is 2840. The lowest BCUT2D eigenvalue weighted by Crippen LogP contribution is -2.46. The number of phenolic OH excluding ortho intramolecular Hbond substituents is 2. The third kappa shape index (κ3) is 11.7. The second kappa shape index (κ2) is 22.5. The van der Waals surface area contributed by atoms with E-state index in [0.717, 1.165) is 5.56 Å². The highest BCUT2D eigenvalue weighted by Gasteiger charge is 2.50. The van der Waals surface area contributed by atoms with E-state index in [9.17, 15) is 65.2 Å². The highest BCUT2D eigenvalue weighted by atomic mass is 17.0. The first kappa shape index (κ1) is 55.1. The van der Waals surface area contributed by atoms with Crippen molar-refractivity contribution >= 4 is 50.8 Å². The standard InChI is InChI=1S/C43H51N3O11.C3H5N3O9/c1-19-14-16-46-28(18-19)44-32-29-30-37(50)25(7)40-31(29)41(52)43(9,57-40)55-17-15-27(54-10)22(4)39(56-26(8)47)24(6)36(49)23(5)35(48)20(2)12-11-13-21(3)42(53)45-33(34(32)46)38(30)51;7-4(8)13-1-3(15-6(11)12)2-14-5(9)10/h11-18,20,22-24,27,35-36,39,48-51H,1-10H3,(H,45,53);3H,1-2H2/b12-11+,17-15+,21-13-;/t20-,22+,23+,24+,27-,35-,36+,39+,43-;/m0./s1. The number of allylic oxidation sites excluding steroid dienone is 2. The number of rotatable bonds is 10. The molecule has 0 radical (unpaired) electrons. The number of aryl methyl sites for hydroxylation is 1. The van der Waals surface area contributed by atoms with E-state index in [2.05, 4.69) is 19.8 Å². The molecule has 1 amide bonds. The Morgan fingerprint density at radius 3 is 2.15 bits per heavy atom. The number of aromatic nitrogens is 2. The van der Waals surface area contributed by atoms with Crippen molar-refractivity contribution in [3.8, 4) is 17.2 Å². The predicted molar refractivity (Wildman–Crippen MR) is 251 cm³/mol. The van der Waals surface area contributed by atoms with Gasteiger partial charge in [-0.15, -0.1) is 30.3 Å². The van der Waals surface area contributed by atoms with Gasteiger partial charge in [-0.1, -0.05) is 45.9 Å². The molecule has 9 atom stereocenters. The number of phenols is 2. The average Bonchev–Trinajstić information content (AvgIpc) is 3.82. The molecule has 0 spiro atoms. The molecular formula is C46H56N6O20. The summed E-state index contributed by atoms with van der Waals surface area (Å²) in [6.45, 7) is 13.0. The van der Waals surface area contributed by atoms with Crippen LogP contribution < -0.4 is 10.1 Å². The summed E-state index contributed by atoms with van der Waals surface area (Å²) in [5, 5.41) is 74.9. The van der Waals surface area contributed by atoms with Gasteiger partial charge in [0.05, 0.1) is 35.5 Å². The molecule has 6 rings (SSSR count). The van der Waals surface area contributed by atoms with Crippen LogP contribution in [-0.2, 0) is 38.3 Å². The number of methoxy groups -OCH3 is 1. The van der Waals surface area contributed by atoms with Gasteiger partial charge in [-0.25, -0.2) is 4.98 Å². The van der Waals surface area contributed by atoms with Crippen LogP contribution in [0.3, 0.4) is 0 Å². The molecule has 26 nitrogen and oxygen atoms in total. The predicted octanol–water partition coefficient (Wildman–Crippen LogP) is 5.14. The highest BCUT2D eigenvalue weighted by Crippen LogP contribution is 2.54. The summed E-state index contributed by atoms with van der Waals surface area (Å²) < 4.78 is 25.5. The van der Waals surface area contributed by atoms with Crippen LogP contribution in [0.5, 0.6) is 17.2 Å². The zero-order chi connectivity index (χ0) is 53.7. The van der Waals surface area contributed by atoms with Gasteiger partial charge < -0.3 is 59.2 Å². The van der Waals surface area contributed by atoms with Gasteiger partial charge in [-0.2, -0.15) is 0 Å². The zero-order valence-corrected chi connectivity index (χ0v) is 40.8. The molecule has 0 saturated carbocycles. The summed E-state index contributed by atoms with van der Waals surface area (Å²) >= 11 is 0. The molecule has 26 heteroatoms. The van der Waals surface area contributed by atoms with Crippen LogP contribution in [0.4, 0.5) is 5.69 Å². The number of anilines is 1. The largest absolute Gasteiger partial charge is 0.507 e. The average molecular weight is 1010 g/mol. The van der Waals surface area contributed by atoms with Crippen LogP contribution in [0.25, 0.3) is 27.5 Å². The molecule has 0 fully saturated rings. The number of nitrogens with zero attached hydrogens (tertiary/aromatic N) is 5. The number of fused-ring (bicyclic) bond motifs is 2. The van der Waals surface area contributed by atoms with E-state index in [1.54, 1.807) is 63.4 Å². The summed E-state index contributed by atoms with van der Waals surface area (Å²) in [4.78, 5) is 86.1. The lowest BCUT2D eigenvalue weighted by Gasteiger charge is -2.38. The molecule has 0 aliphatic carbocycles. The summed E-state index contributed by atoms with van der Waals surface area (Å²) in [5.41, 5.74) is 2.18. The molecule has 2 aromatic heterocycles. The van der Waals surface area contributed by atoms with E-state index < -0.39 is 112 Å². The maximum atomic E-state index is 14.6. The van der Waals surface area contributed by atoms with Crippen molar-refractivity contribution in [3.05, 3.63) is 102 Å². The van der Waals surface area contributed by atoms with Gasteiger partial charge in [0.2, 0.25) is 0 Å². The van der Waals surface area contributed by atoms with Crippen LogP contribution in [0, 0.1) is 67.9 Å². The van der Waals surface area contributed by atoms with Crippen LogP contribution in [-0.4, -0.2) is 119 Å². The number of aliphatic hydroxyl groups excluding tert-OH is 2. The number of esters is 1. The number of ketones is 1. The number of hydrogen-bond acceptors (Lipinski definition) is 21. The van der Waals surface area contributed by atoms with Crippen molar-refractivity contribution < 1.29 is 83.5 Å². The summed E-state index contributed by atoms with van der Waals surface area (Å²) in [7, 11) is 1.46. The first-order valence-corrected chi connectivity index (χ1v) is 22.2. The Kier molecular flexibility index (Phi) is 17.2. The molecule has 5 N–H and O–H groups in total. The molecule has 0 saturated heterocycles. The monoisotopic (exact) mass is 1010 g/mol. The van der Waals surface area contributed by atoms with Crippen LogP contribution in [0.1, 0.15) is 70.0 Å². The maximum Gasteiger partial charge on any atom is 0.312 e. The maximum absolute atomic E-state index is 14.6. The fourth-order valence-corrected chi connectivity index (χ4v) is 8.55. The fourth-order valence-electron chi connectivity index (χ4n) is 8.55. The van der Waals surface area contributed by atoms with E-state index >= 15 is 0 Å². The van der Waals surface area contributed by atoms with E-state index in [1.807, 2.05) is 19.1 Å². The van der Waals surface area contributed by atoms with Gasteiger partial charge in [0, 0.05) is 67.3 Å². The molecular weight excluding hydrogens is 957 g/mol. The number of ether oxygens (including phenoxy) is 4. The van der Waals surface area contributed by atoms with Crippen molar-refractivity contribution in [1.82, 2.24) is 9.38 Å². The third-order valence-corrected chi connectivity index (χ3v) is 12.5. The molecule has 4 aromatic rings. The molecule has 2 aliphatic rings. The third-order valence-electron chi connectivity index (χ3n) is 12.5. The number of pyridine rings is 1. The number of aliphatic hydroxyl groups is 2. The van der Waals surface area contributed by atoms with Gasteiger partial charge in [-0.05, 0) is 44.5 Å². The highest BCUT2D eigenvalue weighted by molar-refractivity contribution is 6.28. The topological polar surface area (TPSA) is 355 Å². The number of benzene rings is 2. The van der Waals surface area contributed by atoms with E-state index in [1.165, 1.54) is 40.2 Å². The summed E-state index contributed by atoms with van der Waals surface area (Å²) in [6, 6.07) is 3.64.